The average molecular weight is 200 g/mol. The normalized spacial score (nSPS) is 18.9. The number of hydrogen-bond acceptors (Lipinski definition) is 1. The predicted molar refractivity (Wildman–Crippen MR) is 61.3 cm³/mol. The molecule has 0 radical (unpaired) electrons. The molecular formula is C13H16N2. The van der Waals surface area contributed by atoms with Crippen molar-refractivity contribution in [3.63, 3.8) is 0 Å². The van der Waals surface area contributed by atoms with Gasteiger partial charge in [0.15, 0.2) is 0 Å². The summed E-state index contributed by atoms with van der Waals surface area (Å²) in [6.07, 6.45) is 5.77. The number of nitrogens with two attached hydrogens (primary N) is 1. The lowest BCUT2D eigenvalue weighted by atomic mass is 10.0. The number of hydrogen-bond donors (Lipinski definition) is 2. The third-order valence-electron chi connectivity index (χ3n) is 3.79. The Morgan fingerprint density at radius 2 is 1.60 bits per heavy atom. The van der Waals surface area contributed by atoms with Crippen LogP contribution in [0.15, 0.2) is 12.1 Å². The Hall–Kier alpha value is -1.31. The molecule has 0 heterocycles. The second-order valence-electron chi connectivity index (χ2n) is 4.80. The van der Waals surface area contributed by atoms with Crippen molar-refractivity contribution in [2.45, 2.75) is 32.1 Å². The Labute approximate surface area is 90.0 Å². The van der Waals surface area contributed by atoms with E-state index in [4.69, 9.17) is 11.1 Å². The van der Waals surface area contributed by atoms with Crippen molar-refractivity contribution in [1.29, 1.82) is 5.41 Å². The average Bonchev–Trinajstić information content (AvgIpc) is 2.77. The predicted octanol–water partition coefficient (Wildman–Crippen LogP) is 1.83. The lowest BCUT2D eigenvalue weighted by molar-refractivity contribution is 0.735. The van der Waals surface area contributed by atoms with E-state index in [9.17, 15) is 0 Å². The van der Waals surface area contributed by atoms with E-state index in [1.165, 1.54) is 41.5 Å². The fraction of sp³-hybridized carbons (Fsp3) is 0.462. The van der Waals surface area contributed by atoms with Gasteiger partial charge in [-0.3, -0.25) is 5.41 Å². The van der Waals surface area contributed by atoms with Gasteiger partial charge in [-0.05, 0) is 54.4 Å². The Bertz CT molecular complexity index is 401. The molecule has 1 aromatic rings. The zero-order valence-corrected chi connectivity index (χ0v) is 8.84. The van der Waals surface area contributed by atoms with Gasteiger partial charge in [0, 0.05) is 5.92 Å². The number of amidine groups is 1. The lowest BCUT2D eigenvalue weighted by Crippen LogP contribution is -2.22. The Kier molecular flexibility index (Phi) is 1.84. The Balaban J connectivity index is 1.98. The van der Waals surface area contributed by atoms with Crippen molar-refractivity contribution >= 4 is 5.84 Å². The summed E-state index contributed by atoms with van der Waals surface area (Å²) in [4.78, 5) is 0. The van der Waals surface area contributed by atoms with Gasteiger partial charge in [-0.2, -0.15) is 0 Å². The molecule has 0 saturated carbocycles. The minimum absolute atomic E-state index is 0.266. The van der Waals surface area contributed by atoms with Crippen LogP contribution in [0.5, 0.6) is 0 Å². The number of rotatable bonds is 1. The first-order valence-corrected chi connectivity index (χ1v) is 5.71. The quantitative estimate of drug-likeness (QED) is 0.527. The first kappa shape index (κ1) is 8.96. The van der Waals surface area contributed by atoms with Crippen molar-refractivity contribution in [2.24, 2.45) is 11.7 Å². The van der Waals surface area contributed by atoms with Crippen LogP contribution < -0.4 is 5.73 Å². The molecule has 3 rings (SSSR count). The maximum atomic E-state index is 7.51. The number of aryl methyl sites for hydroxylation is 2. The van der Waals surface area contributed by atoms with Gasteiger partial charge in [-0.1, -0.05) is 12.1 Å². The van der Waals surface area contributed by atoms with Crippen molar-refractivity contribution in [3.8, 4) is 0 Å². The summed E-state index contributed by atoms with van der Waals surface area (Å²) in [6.45, 7) is 0. The van der Waals surface area contributed by atoms with Crippen LogP contribution in [-0.4, -0.2) is 5.84 Å². The topological polar surface area (TPSA) is 49.9 Å². The molecule has 0 atom stereocenters. The summed E-state index contributed by atoms with van der Waals surface area (Å²) >= 11 is 0. The van der Waals surface area contributed by atoms with Crippen LogP contribution in [0.25, 0.3) is 0 Å². The Morgan fingerprint density at radius 1 is 1.07 bits per heavy atom. The van der Waals surface area contributed by atoms with E-state index < -0.39 is 0 Å². The summed E-state index contributed by atoms with van der Waals surface area (Å²) < 4.78 is 0. The van der Waals surface area contributed by atoms with Crippen LogP contribution in [0.2, 0.25) is 0 Å². The molecule has 0 unspecified atom stereocenters. The molecule has 2 nitrogen and oxygen atoms in total. The van der Waals surface area contributed by atoms with Crippen molar-refractivity contribution in [2.75, 3.05) is 0 Å². The van der Waals surface area contributed by atoms with Crippen LogP contribution in [-0.2, 0) is 25.7 Å². The van der Waals surface area contributed by atoms with E-state index in [1.807, 2.05) is 0 Å². The molecule has 2 aliphatic rings. The number of benzene rings is 1. The largest absolute Gasteiger partial charge is 0.387 e. The maximum absolute atomic E-state index is 7.51. The standard InChI is InChI=1S/C13H16N2/c14-13(15)12-6-10-4-8-2-1-3-9(8)5-11(10)7-12/h4-5,12H,1-3,6-7H2,(H3,14,15). The third-order valence-corrected chi connectivity index (χ3v) is 3.79. The second-order valence-corrected chi connectivity index (χ2v) is 4.80. The summed E-state index contributed by atoms with van der Waals surface area (Å²) in [5.74, 6) is 0.619. The summed E-state index contributed by atoms with van der Waals surface area (Å²) in [5.41, 5.74) is 11.5. The molecule has 2 aliphatic carbocycles. The van der Waals surface area contributed by atoms with E-state index in [0.717, 1.165) is 12.8 Å². The molecule has 0 amide bonds. The van der Waals surface area contributed by atoms with Crippen LogP contribution in [0.4, 0.5) is 0 Å². The van der Waals surface area contributed by atoms with Crippen molar-refractivity contribution < 1.29 is 0 Å². The molecular weight excluding hydrogens is 184 g/mol. The molecule has 0 fully saturated rings. The summed E-state index contributed by atoms with van der Waals surface area (Å²) in [7, 11) is 0. The van der Waals surface area contributed by atoms with Gasteiger partial charge in [-0.15, -0.1) is 0 Å². The molecule has 0 saturated heterocycles. The molecule has 0 bridgehead atoms. The molecule has 0 spiro atoms. The van der Waals surface area contributed by atoms with E-state index >= 15 is 0 Å². The SMILES string of the molecule is N=C(N)C1Cc2cc3c(cc2C1)CCC3. The van der Waals surface area contributed by atoms with Crippen LogP contribution in [0.3, 0.4) is 0 Å². The third kappa shape index (κ3) is 1.36. The first-order chi connectivity index (χ1) is 7.24. The molecule has 3 N–H and O–H groups in total. The number of fused-ring (bicyclic) bond motifs is 2. The van der Waals surface area contributed by atoms with Gasteiger partial charge in [0.25, 0.3) is 0 Å². The van der Waals surface area contributed by atoms with E-state index in [1.54, 1.807) is 0 Å². The minimum atomic E-state index is 0.266. The molecule has 78 valence electrons. The minimum Gasteiger partial charge on any atom is -0.387 e. The zero-order valence-electron chi connectivity index (χ0n) is 8.84. The molecule has 2 heteroatoms. The van der Waals surface area contributed by atoms with E-state index in [0.29, 0.717) is 5.84 Å². The van der Waals surface area contributed by atoms with Gasteiger partial charge < -0.3 is 5.73 Å². The van der Waals surface area contributed by atoms with Crippen LogP contribution in [0, 0.1) is 11.3 Å². The van der Waals surface area contributed by atoms with E-state index in [-0.39, 0.29) is 5.92 Å². The fourth-order valence-corrected chi connectivity index (χ4v) is 2.93. The molecule has 0 aromatic heterocycles. The summed E-state index contributed by atoms with van der Waals surface area (Å²) in [6, 6.07) is 4.72. The van der Waals surface area contributed by atoms with Gasteiger partial charge in [-0.25, -0.2) is 0 Å². The van der Waals surface area contributed by atoms with Crippen molar-refractivity contribution in [1.82, 2.24) is 0 Å². The fourth-order valence-electron chi connectivity index (χ4n) is 2.93. The van der Waals surface area contributed by atoms with Crippen molar-refractivity contribution in [3.05, 3.63) is 34.4 Å². The van der Waals surface area contributed by atoms with Gasteiger partial charge >= 0.3 is 0 Å². The number of nitrogens with one attached hydrogen (secondary N) is 1. The highest BCUT2D eigenvalue weighted by atomic mass is 14.7. The smallest absolute Gasteiger partial charge is 0.0943 e. The zero-order chi connectivity index (χ0) is 10.4. The van der Waals surface area contributed by atoms with Gasteiger partial charge in [0.1, 0.15) is 0 Å². The van der Waals surface area contributed by atoms with Crippen LogP contribution >= 0.6 is 0 Å². The highest BCUT2D eigenvalue weighted by Crippen LogP contribution is 2.32. The molecule has 0 aliphatic heterocycles. The van der Waals surface area contributed by atoms with Gasteiger partial charge in [0.05, 0.1) is 5.84 Å². The van der Waals surface area contributed by atoms with Gasteiger partial charge in [0.2, 0.25) is 0 Å². The molecule has 15 heavy (non-hydrogen) atoms. The highest BCUT2D eigenvalue weighted by Gasteiger charge is 2.25. The van der Waals surface area contributed by atoms with E-state index in [2.05, 4.69) is 12.1 Å². The maximum Gasteiger partial charge on any atom is 0.0943 e. The lowest BCUT2D eigenvalue weighted by Gasteiger charge is -2.03. The van der Waals surface area contributed by atoms with Crippen LogP contribution in [0.1, 0.15) is 28.7 Å². The first-order valence-electron chi connectivity index (χ1n) is 5.71. The monoisotopic (exact) mass is 200 g/mol. The summed E-state index contributed by atoms with van der Waals surface area (Å²) in [5, 5.41) is 7.51. The second kappa shape index (κ2) is 3.09. The highest BCUT2D eigenvalue weighted by molar-refractivity contribution is 5.81. The molecule has 1 aromatic carbocycles. The Morgan fingerprint density at radius 3 is 2.07 bits per heavy atom.